The number of sulfone groups is 1. The number of amides is 1. The Kier molecular flexibility index (Phi) is 6.16. The predicted molar refractivity (Wildman–Crippen MR) is 94.2 cm³/mol. The van der Waals surface area contributed by atoms with E-state index in [2.05, 4.69) is 17.2 Å². The first-order chi connectivity index (χ1) is 11.5. The molecule has 0 aliphatic carbocycles. The molecule has 0 heterocycles. The molecular formula is C19H19NO3S. The van der Waals surface area contributed by atoms with Gasteiger partial charge >= 0.3 is 0 Å². The van der Waals surface area contributed by atoms with Gasteiger partial charge < -0.3 is 5.32 Å². The number of hydrogen-bond acceptors (Lipinski definition) is 3. The van der Waals surface area contributed by atoms with Crippen molar-refractivity contribution < 1.29 is 13.2 Å². The van der Waals surface area contributed by atoms with Gasteiger partial charge in [0.2, 0.25) is 5.91 Å². The fourth-order valence-corrected chi connectivity index (χ4v) is 3.23. The highest BCUT2D eigenvalue weighted by Gasteiger charge is 2.15. The topological polar surface area (TPSA) is 63.2 Å². The Morgan fingerprint density at radius 1 is 1.04 bits per heavy atom. The van der Waals surface area contributed by atoms with E-state index in [0.717, 1.165) is 11.1 Å². The van der Waals surface area contributed by atoms with Gasteiger partial charge in [-0.25, -0.2) is 8.42 Å². The average molecular weight is 341 g/mol. The van der Waals surface area contributed by atoms with E-state index in [1.165, 1.54) is 0 Å². The fourth-order valence-electron chi connectivity index (χ4n) is 1.99. The lowest BCUT2D eigenvalue weighted by Crippen LogP contribution is -2.25. The second kappa shape index (κ2) is 8.32. The predicted octanol–water partition coefficient (Wildman–Crippen LogP) is 2.33. The van der Waals surface area contributed by atoms with Crippen LogP contribution >= 0.6 is 0 Å². The zero-order valence-corrected chi connectivity index (χ0v) is 14.3. The highest BCUT2D eigenvalue weighted by molar-refractivity contribution is 7.91. The summed E-state index contributed by atoms with van der Waals surface area (Å²) in [6.07, 6.45) is -0.0801. The molecule has 0 radical (unpaired) electrons. The summed E-state index contributed by atoms with van der Waals surface area (Å²) in [6.45, 7) is 2.08. The van der Waals surface area contributed by atoms with E-state index < -0.39 is 9.84 Å². The summed E-state index contributed by atoms with van der Waals surface area (Å²) in [7, 11) is -3.44. The Hall–Kier alpha value is -2.58. The van der Waals surface area contributed by atoms with Crippen LogP contribution in [-0.4, -0.2) is 26.6 Å². The second-order valence-electron chi connectivity index (χ2n) is 5.33. The van der Waals surface area contributed by atoms with Crippen LogP contribution in [0, 0.1) is 18.8 Å². The molecule has 0 saturated carbocycles. The van der Waals surface area contributed by atoms with Gasteiger partial charge in [0.05, 0.1) is 17.2 Å². The summed E-state index contributed by atoms with van der Waals surface area (Å²) < 4.78 is 24.3. The Bertz CT molecular complexity index is 845. The third kappa shape index (κ3) is 5.56. The standard InChI is InChI=1S/C19H19NO3S/c1-16-9-11-18(12-10-16)24(22,23)15-13-19(21)20-14-5-8-17-6-3-2-4-7-17/h2-4,6-7,9-12H,13-15H2,1H3,(H,20,21). The lowest BCUT2D eigenvalue weighted by Gasteiger charge is -2.05. The number of aryl methyl sites for hydroxylation is 1. The molecule has 2 aromatic carbocycles. The maximum atomic E-state index is 12.2. The normalized spacial score (nSPS) is 10.5. The van der Waals surface area contributed by atoms with Gasteiger partial charge in [0.1, 0.15) is 0 Å². The van der Waals surface area contributed by atoms with Crippen LogP contribution < -0.4 is 5.32 Å². The van der Waals surface area contributed by atoms with Gasteiger partial charge in [-0.1, -0.05) is 47.7 Å². The number of carbonyl (C=O) groups excluding carboxylic acids is 1. The van der Waals surface area contributed by atoms with E-state index in [0.29, 0.717) is 0 Å². The van der Waals surface area contributed by atoms with Gasteiger partial charge in [-0.15, -0.1) is 0 Å². The molecule has 4 nitrogen and oxygen atoms in total. The Balaban J connectivity index is 1.81. The highest BCUT2D eigenvalue weighted by atomic mass is 32.2. The molecule has 24 heavy (non-hydrogen) atoms. The molecular weight excluding hydrogens is 322 g/mol. The number of rotatable bonds is 5. The SMILES string of the molecule is Cc1ccc(S(=O)(=O)CCC(=O)NCC#Cc2ccccc2)cc1. The molecule has 0 atom stereocenters. The number of benzene rings is 2. The first kappa shape index (κ1) is 17.8. The van der Waals surface area contributed by atoms with Crippen molar-refractivity contribution in [3.63, 3.8) is 0 Å². The minimum atomic E-state index is -3.44. The zero-order chi connectivity index (χ0) is 17.4. The van der Waals surface area contributed by atoms with E-state index in [1.807, 2.05) is 37.3 Å². The molecule has 0 aromatic heterocycles. The van der Waals surface area contributed by atoms with Gasteiger partial charge in [-0.2, -0.15) is 0 Å². The van der Waals surface area contributed by atoms with Crippen molar-refractivity contribution in [3.8, 4) is 11.8 Å². The van der Waals surface area contributed by atoms with Crippen LogP contribution in [0.4, 0.5) is 0 Å². The highest BCUT2D eigenvalue weighted by Crippen LogP contribution is 2.12. The van der Waals surface area contributed by atoms with E-state index in [-0.39, 0.29) is 29.5 Å². The van der Waals surface area contributed by atoms with E-state index in [9.17, 15) is 13.2 Å². The molecule has 5 heteroatoms. The number of carbonyl (C=O) groups is 1. The second-order valence-corrected chi connectivity index (χ2v) is 7.44. The summed E-state index contributed by atoms with van der Waals surface area (Å²) in [5.74, 6) is 5.22. The quantitative estimate of drug-likeness (QED) is 0.849. The summed E-state index contributed by atoms with van der Waals surface area (Å²) in [4.78, 5) is 12.0. The van der Waals surface area contributed by atoms with Gasteiger partial charge in [0.15, 0.2) is 9.84 Å². The first-order valence-electron chi connectivity index (χ1n) is 7.57. The van der Waals surface area contributed by atoms with E-state index >= 15 is 0 Å². The molecule has 0 unspecified atom stereocenters. The van der Waals surface area contributed by atoms with Crippen LogP contribution in [-0.2, 0) is 14.6 Å². The lowest BCUT2D eigenvalue weighted by molar-refractivity contribution is -0.120. The molecule has 0 fully saturated rings. The first-order valence-corrected chi connectivity index (χ1v) is 9.23. The fraction of sp³-hybridized carbons (Fsp3) is 0.211. The van der Waals surface area contributed by atoms with Gasteiger partial charge in [0.25, 0.3) is 0 Å². The molecule has 1 amide bonds. The third-order valence-electron chi connectivity index (χ3n) is 3.36. The Morgan fingerprint density at radius 2 is 1.71 bits per heavy atom. The van der Waals surface area contributed by atoms with Crippen LogP contribution in [0.5, 0.6) is 0 Å². The molecule has 2 aromatic rings. The molecule has 1 N–H and O–H groups in total. The average Bonchev–Trinajstić information content (AvgIpc) is 2.58. The zero-order valence-electron chi connectivity index (χ0n) is 13.5. The van der Waals surface area contributed by atoms with Crippen molar-refractivity contribution in [2.75, 3.05) is 12.3 Å². The summed E-state index contributed by atoms with van der Waals surface area (Å²) in [5, 5.41) is 2.61. The molecule has 0 aliphatic heterocycles. The van der Waals surface area contributed by atoms with Crippen molar-refractivity contribution in [2.24, 2.45) is 0 Å². The monoisotopic (exact) mass is 341 g/mol. The molecule has 0 aliphatic rings. The van der Waals surface area contributed by atoms with Crippen molar-refractivity contribution in [2.45, 2.75) is 18.2 Å². The van der Waals surface area contributed by atoms with Gasteiger partial charge in [-0.05, 0) is 31.2 Å². The van der Waals surface area contributed by atoms with Crippen LogP contribution in [0.3, 0.4) is 0 Å². The van der Waals surface area contributed by atoms with Crippen molar-refractivity contribution in [3.05, 3.63) is 65.7 Å². The molecule has 2 rings (SSSR count). The smallest absolute Gasteiger partial charge is 0.221 e. The van der Waals surface area contributed by atoms with Crippen molar-refractivity contribution in [1.29, 1.82) is 0 Å². The summed E-state index contributed by atoms with van der Waals surface area (Å²) >= 11 is 0. The number of nitrogens with one attached hydrogen (secondary N) is 1. The van der Waals surface area contributed by atoms with Crippen LogP contribution in [0.2, 0.25) is 0 Å². The van der Waals surface area contributed by atoms with Gasteiger partial charge in [0, 0.05) is 12.0 Å². The van der Waals surface area contributed by atoms with E-state index in [4.69, 9.17) is 0 Å². The maximum absolute atomic E-state index is 12.2. The van der Waals surface area contributed by atoms with Crippen LogP contribution in [0.15, 0.2) is 59.5 Å². The lowest BCUT2D eigenvalue weighted by atomic mass is 10.2. The molecule has 0 bridgehead atoms. The van der Waals surface area contributed by atoms with Crippen molar-refractivity contribution in [1.82, 2.24) is 5.32 Å². The maximum Gasteiger partial charge on any atom is 0.221 e. The third-order valence-corrected chi connectivity index (χ3v) is 5.09. The van der Waals surface area contributed by atoms with Crippen molar-refractivity contribution >= 4 is 15.7 Å². The summed E-state index contributed by atoms with van der Waals surface area (Å²) in [6, 6.07) is 16.0. The van der Waals surface area contributed by atoms with E-state index in [1.54, 1.807) is 24.3 Å². The largest absolute Gasteiger partial charge is 0.345 e. The molecule has 0 spiro atoms. The van der Waals surface area contributed by atoms with Crippen LogP contribution in [0.25, 0.3) is 0 Å². The molecule has 0 saturated heterocycles. The van der Waals surface area contributed by atoms with Crippen LogP contribution in [0.1, 0.15) is 17.5 Å². The minimum Gasteiger partial charge on any atom is -0.345 e. The summed E-state index contributed by atoms with van der Waals surface area (Å²) in [5.41, 5.74) is 1.86. The number of hydrogen-bond donors (Lipinski definition) is 1. The molecule has 124 valence electrons. The minimum absolute atomic E-state index is 0.0801. The Labute approximate surface area is 142 Å². The van der Waals surface area contributed by atoms with Gasteiger partial charge in [-0.3, -0.25) is 4.79 Å². The Morgan fingerprint density at radius 3 is 2.38 bits per heavy atom.